The molecule has 2 saturated heterocycles. The number of nitrogens with one attached hydrogen (secondary N) is 1. The number of morpholine rings is 1. The molecule has 2 atom stereocenters. The molecule has 9 heteroatoms. The summed E-state index contributed by atoms with van der Waals surface area (Å²) in [4.78, 5) is 51.8. The molecule has 4 amide bonds. The number of nitrogens with zero attached hydrogens (tertiary/aromatic N) is 2. The molecule has 2 aromatic carbocycles. The second-order valence-electron chi connectivity index (χ2n) is 8.26. The average molecular weight is 468 g/mol. The molecule has 34 heavy (non-hydrogen) atoms. The Hall–Kier alpha value is -3.72. The van der Waals surface area contributed by atoms with E-state index in [9.17, 15) is 19.2 Å². The molecule has 3 aliphatic heterocycles. The number of benzene rings is 2. The van der Waals surface area contributed by atoms with E-state index < -0.39 is 18.5 Å². The minimum Gasteiger partial charge on any atom is -0.489 e. The van der Waals surface area contributed by atoms with Gasteiger partial charge < -0.3 is 19.3 Å². The van der Waals surface area contributed by atoms with Crippen LogP contribution in [0.25, 0.3) is 0 Å². The highest BCUT2D eigenvalue weighted by atomic mass is 16.5. The third kappa shape index (κ3) is 4.38. The van der Waals surface area contributed by atoms with Crippen LogP contribution in [0, 0.1) is 0 Å². The van der Waals surface area contributed by atoms with Crippen LogP contribution in [0.2, 0.25) is 0 Å². The van der Waals surface area contributed by atoms with Crippen molar-refractivity contribution in [3.05, 3.63) is 64.6 Å². The van der Waals surface area contributed by atoms with Gasteiger partial charge in [-0.3, -0.25) is 24.5 Å². The van der Waals surface area contributed by atoms with Crippen LogP contribution in [0.5, 0.6) is 5.75 Å². The summed E-state index contributed by atoms with van der Waals surface area (Å²) >= 11 is 0. The predicted molar refractivity (Wildman–Crippen MR) is 119 cm³/mol. The molecule has 5 rings (SSSR count). The quantitative estimate of drug-likeness (QED) is 0.644. The van der Waals surface area contributed by atoms with E-state index in [2.05, 4.69) is 5.32 Å². The highest BCUT2D eigenvalue weighted by Crippen LogP contribution is 2.34. The van der Waals surface area contributed by atoms with Crippen LogP contribution in [0.4, 0.5) is 0 Å². The lowest BCUT2D eigenvalue weighted by Gasteiger charge is -2.29. The first-order valence-corrected chi connectivity index (χ1v) is 11.0. The van der Waals surface area contributed by atoms with Crippen molar-refractivity contribution in [1.29, 1.82) is 0 Å². The van der Waals surface area contributed by atoms with E-state index in [-0.39, 0.29) is 85.3 Å². The minimum atomic E-state index is -1.47. The second-order valence-corrected chi connectivity index (χ2v) is 8.26. The first-order chi connectivity index (χ1) is 18.2. The van der Waals surface area contributed by atoms with Crippen molar-refractivity contribution in [3.63, 3.8) is 0 Å². The molecule has 0 spiro atoms. The van der Waals surface area contributed by atoms with Crippen molar-refractivity contribution in [2.45, 2.75) is 38.6 Å². The molecule has 0 aromatic heterocycles. The molecule has 2 fully saturated rings. The van der Waals surface area contributed by atoms with Crippen LogP contribution in [-0.2, 0) is 38.8 Å². The van der Waals surface area contributed by atoms with Gasteiger partial charge in [0.1, 0.15) is 25.0 Å². The summed E-state index contributed by atoms with van der Waals surface area (Å²) in [7, 11) is 0. The lowest BCUT2D eigenvalue weighted by molar-refractivity contribution is -0.143. The summed E-state index contributed by atoms with van der Waals surface area (Å²) in [6.07, 6.45) is 0.340. The van der Waals surface area contributed by atoms with Crippen molar-refractivity contribution >= 4 is 23.6 Å². The fraction of sp³-hybridized carbons (Fsp3) is 0.360. The van der Waals surface area contributed by atoms with E-state index in [1.807, 2.05) is 0 Å². The zero-order valence-electron chi connectivity index (χ0n) is 22.3. The third-order valence-electron chi connectivity index (χ3n) is 6.04. The predicted octanol–water partition coefficient (Wildman–Crippen LogP) is 1.39. The number of ether oxygens (including phenoxy) is 2. The van der Waals surface area contributed by atoms with Gasteiger partial charge in [-0.25, -0.2) is 0 Å². The largest absolute Gasteiger partial charge is 0.489 e. The Morgan fingerprint density at radius 3 is 2.82 bits per heavy atom. The molecule has 0 saturated carbocycles. The number of carbonyl (C=O) groups is 4. The molecular formula is C25H25N3O6. The van der Waals surface area contributed by atoms with Crippen LogP contribution >= 0.6 is 0 Å². The van der Waals surface area contributed by atoms with Crippen LogP contribution < -0.4 is 10.1 Å². The molecule has 2 aromatic rings. The molecule has 0 aliphatic carbocycles. The fourth-order valence-electron chi connectivity index (χ4n) is 4.24. The normalized spacial score (nSPS) is 23.0. The standard InChI is InChI=1S/C25H25N3O6/c29-22-9-8-20(24(31)26-22)28-13-19-18(25(28)32)2-1-3-21(19)34-14-17-6-4-16(5-7-17)12-27-10-11-33-15-23(27)30/h1-7,20H,8-15H2,(H,26,29,31)/i4D,5D,6D,14D. The number of hydrogen-bond acceptors (Lipinski definition) is 6. The maximum absolute atomic E-state index is 13.0. The highest BCUT2D eigenvalue weighted by Gasteiger charge is 2.40. The van der Waals surface area contributed by atoms with Crippen LogP contribution in [-0.4, -0.2) is 59.2 Å². The number of piperidine rings is 1. The van der Waals surface area contributed by atoms with E-state index in [0.717, 1.165) is 0 Å². The summed E-state index contributed by atoms with van der Waals surface area (Å²) in [5.74, 6) is -1.34. The van der Waals surface area contributed by atoms with Gasteiger partial charge in [0, 0.05) is 30.6 Å². The zero-order chi connectivity index (χ0) is 27.1. The van der Waals surface area contributed by atoms with Crippen molar-refractivity contribution in [2.75, 3.05) is 19.8 Å². The second kappa shape index (κ2) is 9.26. The molecule has 3 heterocycles. The summed E-state index contributed by atoms with van der Waals surface area (Å²) in [5.41, 5.74) is 0.997. The summed E-state index contributed by atoms with van der Waals surface area (Å²) in [6, 6.07) is 4.62. The Bertz CT molecular complexity index is 1350. The smallest absolute Gasteiger partial charge is 0.255 e. The maximum atomic E-state index is 13.0. The zero-order valence-corrected chi connectivity index (χ0v) is 18.3. The number of fused-ring (bicyclic) bond motifs is 1. The summed E-state index contributed by atoms with van der Waals surface area (Å²) in [6.45, 7) is -0.811. The molecule has 3 aliphatic rings. The Labute approximate surface area is 202 Å². The van der Waals surface area contributed by atoms with Gasteiger partial charge >= 0.3 is 0 Å². The highest BCUT2D eigenvalue weighted by molar-refractivity contribution is 6.05. The van der Waals surface area contributed by atoms with Crippen molar-refractivity contribution in [1.82, 2.24) is 15.1 Å². The Morgan fingerprint density at radius 2 is 2.00 bits per heavy atom. The number of rotatable bonds is 6. The van der Waals surface area contributed by atoms with Gasteiger partial charge in [-0.2, -0.15) is 0 Å². The van der Waals surface area contributed by atoms with E-state index in [1.165, 1.54) is 15.9 Å². The molecular weight excluding hydrogens is 438 g/mol. The van der Waals surface area contributed by atoms with Crippen LogP contribution in [0.15, 0.2) is 42.4 Å². The van der Waals surface area contributed by atoms with Crippen LogP contribution in [0.3, 0.4) is 0 Å². The number of imide groups is 1. The van der Waals surface area contributed by atoms with E-state index in [4.69, 9.17) is 15.0 Å². The maximum Gasteiger partial charge on any atom is 0.255 e. The molecule has 176 valence electrons. The van der Waals surface area contributed by atoms with Gasteiger partial charge in [-0.1, -0.05) is 30.3 Å². The molecule has 0 radical (unpaired) electrons. The van der Waals surface area contributed by atoms with Gasteiger partial charge in [0.2, 0.25) is 17.7 Å². The first-order valence-electron chi connectivity index (χ1n) is 13.0. The van der Waals surface area contributed by atoms with E-state index >= 15 is 0 Å². The Balaban J connectivity index is 1.37. The topological polar surface area (TPSA) is 105 Å². The fourth-order valence-corrected chi connectivity index (χ4v) is 4.24. The Kier molecular flexibility index (Phi) is 4.83. The van der Waals surface area contributed by atoms with Crippen LogP contribution in [0.1, 0.15) is 45.4 Å². The molecule has 1 N–H and O–H groups in total. The number of amides is 4. The SMILES string of the molecule is [2H]c1cc(C([2H])Oc2cccc3c2CN(C2CCC(=O)NC2=O)C3=O)c([2H])c([2H])c1CN1CCOCC1=O. The summed E-state index contributed by atoms with van der Waals surface area (Å²) < 4.78 is 44.8. The van der Waals surface area contributed by atoms with Gasteiger partial charge in [-0.05, 0) is 29.7 Å². The van der Waals surface area contributed by atoms with E-state index in [1.54, 1.807) is 18.2 Å². The number of hydrogen-bond donors (Lipinski definition) is 1. The minimum absolute atomic E-state index is 0.0000244. The van der Waals surface area contributed by atoms with Crippen molar-refractivity contribution < 1.29 is 34.1 Å². The van der Waals surface area contributed by atoms with Gasteiger partial charge in [0.25, 0.3) is 5.91 Å². The van der Waals surface area contributed by atoms with Gasteiger partial charge in [-0.15, -0.1) is 0 Å². The van der Waals surface area contributed by atoms with Gasteiger partial charge in [0.15, 0.2) is 0 Å². The molecule has 9 nitrogen and oxygen atoms in total. The lowest BCUT2D eigenvalue weighted by atomic mass is 10.0. The lowest BCUT2D eigenvalue weighted by Crippen LogP contribution is -2.52. The first kappa shape index (κ1) is 17.7. The molecule has 0 bridgehead atoms. The summed E-state index contributed by atoms with van der Waals surface area (Å²) in [5, 5.41) is 2.25. The Morgan fingerprint density at radius 1 is 1.15 bits per heavy atom. The molecule has 2 unspecified atom stereocenters. The number of carbonyl (C=O) groups excluding carboxylic acids is 4. The van der Waals surface area contributed by atoms with Crippen molar-refractivity contribution in [2.24, 2.45) is 0 Å². The average Bonchev–Trinajstić information content (AvgIpc) is 3.22. The van der Waals surface area contributed by atoms with E-state index in [0.29, 0.717) is 24.3 Å². The van der Waals surface area contributed by atoms with Gasteiger partial charge in [0.05, 0.1) is 18.6 Å². The third-order valence-corrected chi connectivity index (χ3v) is 6.04. The van der Waals surface area contributed by atoms with Crippen molar-refractivity contribution in [3.8, 4) is 5.75 Å². The monoisotopic (exact) mass is 467 g/mol.